The van der Waals surface area contributed by atoms with E-state index in [9.17, 15) is 14.7 Å². The molecule has 0 saturated carbocycles. The minimum Gasteiger partial charge on any atom is -0.507 e. The number of nitrogens with zero attached hydrogens (tertiary/aromatic N) is 1. The fourth-order valence-electron chi connectivity index (χ4n) is 4.70. The summed E-state index contributed by atoms with van der Waals surface area (Å²) < 4.78 is 12.5. The molecule has 8 heteroatoms. The maximum absolute atomic E-state index is 13.2. The third-order valence-electron chi connectivity index (χ3n) is 6.08. The third-order valence-corrected chi connectivity index (χ3v) is 6.08. The summed E-state index contributed by atoms with van der Waals surface area (Å²) in [5.74, 6) is 0.455. The molecule has 2 aromatic carbocycles. The molecule has 33 heavy (non-hydrogen) atoms. The van der Waals surface area contributed by atoms with E-state index in [-0.39, 0.29) is 12.3 Å². The maximum atomic E-state index is 13.2. The molecule has 1 aromatic heterocycles. The van der Waals surface area contributed by atoms with Gasteiger partial charge in [-0.15, -0.1) is 0 Å². The van der Waals surface area contributed by atoms with E-state index in [4.69, 9.17) is 9.47 Å². The molecule has 0 amide bonds. The number of benzene rings is 2. The first-order valence-electron chi connectivity index (χ1n) is 10.8. The van der Waals surface area contributed by atoms with Crippen molar-refractivity contribution in [3.63, 3.8) is 0 Å². The highest BCUT2D eigenvalue weighted by molar-refractivity contribution is 6.21. The van der Waals surface area contributed by atoms with Crippen molar-refractivity contribution in [2.75, 3.05) is 20.3 Å². The van der Waals surface area contributed by atoms with Gasteiger partial charge in [-0.05, 0) is 19.1 Å². The Morgan fingerprint density at radius 3 is 2.58 bits per heavy atom. The summed E-state index contributed by atoms with van der Waals surface area (Å²) in [6, 6.07) is 14.9. The van der Waals surface area contributed by atoms with E-state index in [1.54, 1.807) is 7.11 Å². The lowest BCUT2D eigenvalue weighted by molar-refractivity contribution is -0.364. The van der Waals surface area contributed by atoms with E-state index in [1.807, 2.05) is 55.5 Å². The van der Waals surface area contributed by atoms with Gasteiger partial charge in [-0.25, -0.2) is 9.79 Å². The second-order valence-electron chi connectivity index (χ2n) is 7.88. The lowest BCUT2D eigenvalue weighted by atomic mass is 9.81. The van der Waals surface area contributed by atoms with Gasteiger partial charge in [-0.2, -0.15) is 4.57 Å². The third kappa shape index (κ3) is 3.22. The Balaban J connectivity index is 1.88. The van der Waals surface area contributed by atoms with Crippen molar-refractivity contribution in [1.29, 1.82) is 0 Å². The highest BCUT2D eigenvalue weighted by Crippen LogP contribution is 2.45. The van der Waals surface area contributed by atoms with Crippen LogP contribution >= 0.6 is 0 Å². The first-order chi connectivity index (χ1) is 16.1. The normalized spacial score (nSPS) is 16.2. The minimum absolute atomic E-state index is 0.101. The highest BCUT2D eigenvalue weighted by Gasteiger charge is 2.45. The van der Waals surface area contributed by atoms with Gasteiger partial charge in [0.15, 0.2) is 0 Å². The molecule has 2 heterocycles. The smallest absolute Gasteiger partial charge is 0.415 e. The van der Waals surface area contributed by atoms with Gasteiger partial charge in [0.05, 0.1) is 24.7 Å². The number of hydrogen-bond donors (Lipinski definition) is 3. The molecule has 0 bridgehead atoms. The Labute approximate surface area is 189 Å². The van der Waals surface area contributed by atoms with Crippen molar-refractivity contribution in [2.45, 2.75) is 19.4 Å². The average Bonchev–Trinajstić information content (AvgIpc) is 3.10. The van der Waals surface area contributed by atoms with Gasteiger partial charge in [0, 0.05) is 23.8 Å². The van der Waals surface area contributed by atoms with Crippen LogP contribution in [0, 0.1) is 0 Å². The molecule has 2 aliphatic rings. The van der Waals surface area contributed by atoms with Crippen LogP contribution in [0.1, 0.15) is 35.1 Å². The van der Waals surface area contributed by atoms with Gasteiger partial charge >= 0.3 is 5.69 Å². The van der Waals surface area contributed by atoms with Crippen LogP contribution in [0.5, 0.6) is 5.75 Å². The van der Waals surface area contributed by atoms with E-state index >= 15 is 0 Å². The zero-order valence-corrected chi connectivity index (χ0v) is 18.3. The Hall–Kier alpha value is -3.91. The number of aliphatic hydroxyl groups is 1. The largest absolute Gasteiger partial charge is 0.507 e. The number of H-pyrrole nitrogens is 1. The molecule has 3 N–H and O–H groups in total. The quantitative estimate of drug-likeness (QED) is 0.528. The molecule has 5 rings (SSSR count). The first kappa shape index (κ1) is 21.0. The van der Waals surface area contributed by atoms with Crippen molar-refractivity contribution < 1.29 is 19.6 Å². The van der Waals surface area contributed by atoms with Crippen LogP contribution < -0.4 is 21.0 Å². The van der Waals surface area contributed by atoms with Crippen molar-refractivity contribution in [3.8, 4) is 5.75 Å². The molecule has 1 aliphatic heterocycles. The molecule has 1 atom stereocenters. The minimum atomic E-state index is -0.649. The average molecular weight is 446 g/mol. The number of rotatable bonds is 6. The Morgan fingerprint density at radius 2 is 1.82 bits per heavy atom. The first-order valence-corrected chi connectivity index (χ1v) is 10.8. The number of aromatic amines is 1. The van der Waals surface area contributed by atoms with Gasteiger partial charge in [-0.3, -0.25) is 9.78 Å². The number of aliphatic hydroxyl groups excluding tert-OH is 1. The summed E-state index contributed by atoms with van der Waals surface area (Å²) in [5.41, 5.74) is 2.77. The number of para-hydroxylation sites is 1. The predicted molar refractivity (Wildman–Crippen MR) is 123 cm³/mol. The van der Waals surface area contributed by atoms with Crippen LogP contribution in [-0.4, -0.2) is 40.7 Å². The van der Waals surface area contributed by atoms with Crippen LogP contribution in [0.3, 0.4) is 0 Å². The standard InChI is InChI=1S/C25H23N3O5/c1-3-33-17-11-7-6-10-16(17)18-19-21(14-8-4-5-9-15(14)22(19)29)26-23-20(18)24(30)27-25(31)28(23)12-13-32-2/h4-11,18,29H,3,12-13H2,1-2H3,(H,27,30,31)/p+1. The Morgan fingerprint density at radius 1 is 1.09 bits per heavy atom. The van der Waals surface area contributed by atoms with E-state index in [0.29, 0.717) is 47.2 Å². The van der Waals surface area contributed by atoms with Gasteiger partial charge in [0.1, 0.15) is 29.3 Å². The fraction of sp³-hybridized carbons (Fsp3) is 0.240. The fourth-order valence-corrected chi connectivity index (χ4v) is 4.70. The monoisotopic (exact) mass is 446 g/mol. The molecule has 0 spiro atoms. The Kier molecular flexibility index (Phi) is 5.22. The van der Waals surface area contributed by atoms with Crippen LogP contribution in [0.2, 0.25) is 0 Å². The van der Waals surface area contributed by atoms with Gasteiger partial charge in [0.25, 0.3) is 11.4 Å². The topological polar surface area (TPSA) is 108 Å². The number of methoxy groups -OCH3 is 1. The molecule has 0 saturated heterocycles. The molecule has 3 aromatic rings. The van der Waals surface area contributed by atoms with E-state index in [0.717, 1.165) is 11.1 Å². The summed E-state index contributed by atoms with van der Waals surface area (Å²) >= 11 is 0. The van der Waals surface area contributed by atoms with Gasteiger partial charge in [-0.1, -0.05) is 36.4 Å². The molecule has 8 nitrogen and oxygen atoms in total. The Bertz CT molecular complexity index is 1430. The predicted octanol–water partition coefficient (Wildman–Crippen LogP) is 1.21. The van der Waals surface area contributed by atoms with E-state index in [2.05, 4.69) is 9.98 Å². The molecule has 1 unspecified atom stereocenters. The number of nitrogens with one attached hydrogen (secondary N) is 2. The zero-order valence-electron chi connectivity index (χ0n) is 18.3. The number of hydrogen-bond acceptors (Lipinski definition) is 5. The second-order valence-corrected chi connectivity index (χ2v) is 7.88. The number of allylic oxidation sites excluding steroid dienone is 1. The summed E-state index contributed by atoms with van der Waals surface area (Å²) in [6.07, 6.45) is 0. The number of fused-ring (bicyclic) bond motifs is 4. The van der Waals surface area contributed by atoms with Crippen LogP contribution in [0.4, 0.5) is 5.82 Å². The lowest BCUT2D eigenvalue weighted by Gasteiger charge is -2.25. The molecular formula is C25H24N3O5+. The lowest BCUT2D eigenvalue weighted by Crippen LogP contribution is -2.72. The summed E-state index contributed by atoms with van der Waals surface area (Å²) in [5, 5.41) is 11.3. The van der Waals surface area contributed by atoms with Crippen LogP contribution in [0.15, 0.2) is 63.7 Å². The van der Waals surface area contributed by atoms with Gasteiger partial charge in [0.2, 0.25) is 0 Å². The van der Waals surface area contributed by atoms with Gasteiger partial charge < -0.3 is 14.6 Å². The molecule has 168 valence electrons. The summed E-state index contributed by atoms with van der Waals surface area (Å²) in [4.78, 5) is 31.7. The SMILES string of the molecule is CCOc1ccccc1C1C2=C(O)c3ccccc3C2=[NH+]c2c1c(=O)[nH]c(=O)n2CCOC. The zero-order chi connectivity index (χ0) is 23.1. The van der Waals surface area contributed by atoms with Crippen molar-refractivity contribution in [3.05, 3.63) is 97.2 Å². The number of ether oxygens (including phenoxy) is 2. The van der Waals surface area contributed by atoms with Crippen LogP contribution in [-0.2, 0) is 11.3 Å². The summed E-state index contributed by atoms with van der Waals surface area (Å²) in [7, 11) is 1.55. The molecule has 0 fully saturated rings. The van der Waals surface area contributed by atoms with Crippen molar-refractivity contribution in [1.82, 2.24) is 9.55 Å². The van der Waals surface area contributed by atoms with E-state index < -0.39 is 17.2 Å². The second kappa shape index (κ2) is 8.22. The number of aromatic nitrogens is 2. The highest BCUT2D eigenvalue weighted by atomic mass is 16.5. The molecule has 1 aliphatic carbocycles. The van der Waals surface area contributed by atoms with E-state index in [1.165, 1.54) is 4.57 Å². The maximum Gasteiger partial charge on any atom is 0.415 e. The van der Waals surface area contributed by atoms with Crippen molar-refractivity contribution >= 4 is 17.3 Å². The summed E-state index contributed by atoms with van der Waals surface area (Å²) in [6.45, 7) is 2.88. The van der Waals surface area contributed by atoms with Crippen LogP contribution in [0.25, 0.3) is 5.76 Å². The van der Waals surface area contributed by atoms with Crippen molar-refractivity contribution in [2.24, 2.45) is 0 Å². The molecular weight excluding hydrogens is 422 g/mol. The molecule has 0 radical (unpaired) electrons.